The number of hydrogen-bond donors (Lipinski definition) is 2. The third-order valence-electron chi connectivity index (χ3n) is 4.74. The molecule has 2 aliphatic rings. The van der Waals surface area contributed by atoms with E-state index < -0.39 is 5.97 Å². The zero-order chi connectivity index (χ0) is 14.3. The lowest BCUT2D eigenvalue weighted by atomic mass is 9.84. The maximum Gasteiger partial charge on any atom is 0.308 e. The largest absolute Gasteiger partial charge is 0.481 e. The Labute approximate surface area is 122 Å². The molecule has 5 heteroatoms. The molecular formula is C15H17ClFNO2. The van der Waals surface area contributed by atoms with Gasteiger partial charge >= 0.3 is 5.97 Å². The summed E-state index contributed by atoms with van der Waals surface area (Å²) in [7, 11) is 0. The van der Waals surface area contributed by atoms with Gasteiger partial charge in [-0.3, -0.25) is 4.79 Å². The maximum absolute atomic E-state index is 13.7. The van der Waals surface area contributed by atoms with Crippen LogP contribution in [-0.4, -0.2) is 17.1 Å². The highest BCUT2D eigenvalue weighted by Crippen LogP contribution is 2.48. The smallest absolute Gasteiger partial charge is 0.308 e. The summed E-state index contributed by atoms with van der Waals surface area (Å²) in [5.74, 6) is -0.711. The predicted molar refractivity (Wildman–Crippen MR) is 74.0 cm³/mol. The molecule has 3 nitrogen and oxygen atoms in total. The van der Waals surface area contributed by atoms with Crippen molar-refractivity contribution in [2.45, 2.75) is 31.8 Å². The summed E-state index contributed by atoms with van der Waals surface area (Å²) >= 11 is 5.72. The van der Waals surface area contributed by atoms with E-state index in [4.69, 9.17) is 11.6 Å². The van der Waals surface area contributed by atoms with Gasteiger partial charge in [0.05, 0.1) is 5.92 Å². The van der Waals surface area contributed by atoms with Crippen LogP contribution in [-0.2, 0) is 11.3 Å². The molecule has 4 unspecified atom stereocenters. The van der Waals surface area contributed by atoms with Crippen LogP contribution in [0.1, 0.15) is 24.8 Å². The first-order chi connectivity index (χ1) is 9.56. The number of nitrogens with one attached hydrogen (secondary N) is 1. The second-order valence-electron chi connectivity index (χ2n) is 5.84. The fourth-order valence-electron chi connectivity index (χ4n) is 3.83. The monoisotopic (exact) mass is 297 g/mol. The Morgan fingerprint density at radius 2 is 2.15 bits per heavy atom. The fraction of sp³-hybridized carbons (Fsp3) is 0.533. The van der Waals surface area contributed by atoms with E-state index in [1.54, 1.807) is 12.1 Å². The van der Waals surface area contributed by atoms with Gasteiger partial charge < -0.3 is 10.4 Å². The molecule has 3 rings (SSSR count). The van der Waals surface area contributed by atoms with Crippen LogP contribution in [0, 0.1) is 23.6 Å². The number of aliphatic carboxylic acids is 1. The molecule has 2 aliphatic carbocycles. The number of carboxylic acids is 1. The van der Waals surface area contributed by atoms with Crippen molar-refractivity contribution in [3.63, 3.8) is 0 Å². The van der Waals surface area contributed by atoms with Crippen molar-refractivity contribution in [2.24, 2.45) is 17.8 Å². The topological polar surface area (TPSA) is 49.3 Å². The maximum atomic E-state index is 13.7. The van der Waals surface area contributed by atoms with Gasteiger partial charge in [0, 0.05) is 23.2 Å². The summed E-state index contributed by atoms with van der Waals surface area (Å²) in [5.41, 5.74) is 0.529. The first-order valence-electron chi connectivity index (χ1n) is 6.96. The second kappa shape index (κ2) is 5.34. The third-order valence-corrected chi connectivity index (χ3v) is 4.98. The van der Waals surface area contributed by atoms with E-state index in [0.29, 0.717) is 23.0 Å². The Hall–Kier alpha value is -1.13. The molecule has 2 saturated carbocycles. The van der Waals surface area contributed by atoms with Gasteiger partial charge in [-0.2, -0.15) is 0 Å². The number of carbonyl (C=O) groups is 1. The van der Waals surface area contributed by atoms with Gasteiger partial charge in [-0.25, -0.2) is 4.39 Å². The van der Waals surface area contributed by atoms with Gasteiger partial charge in [0.25, 0.3) is 0 Å². The van der Waals surface area contributed by atoms with Gasteiger partial charge in [0.15, 0.2) is 0 Å². The van der Waals surface area contributed by atoms with Crippen LogP contribution in [0.15, 0.2) is 18.2 Å². The minimum Gasteiger partial charge on any atom is -0.481 e. The number of halogens is 2. The number of benzene rings is 1. The van der Waals surface area contributed by atoms with Crippen molar-refractivity contribution in [1.29, 1.82) is 0 Å². The molecule has 0 amide bonds. The average Bonchev–Trinajstić information content (AvgIpc) is 2.97. The van der Waals surface area contributed by atoms with Crippen LogP contribution >= 0.6 is 11.6 Å². The van der Waals surface area contributed by atoms with E-state index in [9.17, 15) is 14.3 Å². The summed E-state index contributed by atoms with van der Waals surface area (Å²) in [4.78, 5) is 11.4. The number of carboxylic acid groups (broad SMARTS) is 1. The van der Waals surface area contributed by atoms with Crippen LogP contribution in [0.3, 0.4) is 0 Å². The Balaban J connectivity index is 1.70. The number of hydrogen-bond acceptors (Lipinski definition) is 2. The van der Waals surface area contributed by atoms with E-state index in [1.165, 1.54) is 6.07 Å². The molecule has 0 saturated heterocycles. The average molecular weight is 298 g/mol. The van der Waals surface area contributed by atoms with E-state index in [0.717, 1.165) is 19.3 Å². The summed E-state index contributed by atoms with van der Waals surface area (Å²) in [6.45, 7) is 0.348. The van der Waals surface area contributed by atoms with Gasteiger partial charge in [0.1, 0.15) is 5.82 Å². The quantitative estimate of drug-likeness (QED) is 0.898. The second-order valence-corrected chi connectivity index (χ2v) is 6.28. The standard InChI is InChI=1S/C15H17ClFNO2/c16-11-4-3-10(12(17)6-11)7-18-14-9-2-1-8(5-9)13(14)15(19)20/h3-4,6,8-9,13-14,18H,1-2,5,7H2,(H,19,20). The predicted octanol–water partition coefficient (Wildman–Crippen LogP) is 3.07. The van der Waals surface area contributed by atoms with Crippen molar-refractivity contribution in [3.8, 4) is 0 Å². The summed E-state index contributed by atoms with van der Waals surface area (Å²) in [6.07, 6.45) is 3.07. The molecule has 4 atom stereocenters. The highest BCUT2D eigenvalue weighted by Gasteiger charge is 2.50. The SMILES string of the molecule is O=C(O)C1C2CCC(C2)C1NCc1ccc(Cl)cc1F. The van der Waals surface area contributed by atoms with E-state index in [1.807, 2.05) is 0 Å². The fourth-order valence-corrected chi connectivity index (χ4v) is 3.99. The molecule has 1 aromatic carbocycles. The minimum atomic E-state index is -0.730. The van der Waals surface area contributed by atoms with Crippen molar-refractivity contribution in [2.75, 3.05) is 0 Å². The summed E-state index contributed by atoms with van der Waals surface area (Å²) in [6, 6.07) is 4.54. The third kappa shape index (κ3) is 2.42. The zero-order valence-corrected chi connectivity index (χ0v) is 11.7. The summed E-state index contributed by atoms with van der Waals surface area (Å²) in [5, 5.41) is 13.0. The van der Waals surface area contributed by atoms with E-state index in [2.05, 4.69) is 5.32 Å². The molecular weight excluding hydrogens is 281 g/mol. The molecule has 20 heavy (non-hydrogen) atoms. The Morgan fingerprint density at radius 3 is 2.85 bits per heavy atom. The van der Waals surface area contributed by atoms with Gasteiger partial charge in [0.2, 0.25) is 0 Å². The van der Waals surface area contributed by atoms with Crippen molar-refractivity contribution < 1.29 is 14.3 Å². The number of rotatable bonds is 4. The Kier molecular flexibility index (Phi) is 3.69. The molecule has 0 heterocycles. The van der Waals surface area contributed by atoms with Crippen LogP contribution in [0.25, 0.3) is 0 Å². The lowest BCUT2D eigenvalue weighted by Gasteiger charge is -2.29. The first kappa shape index (κ1) is 13.8. The Bertz CT molecular complexity index is 537. The molecule has 0 aliphatic heterocycles. The zero-order valence-electron chi connectivity index (χ0n) is 11.0. The molecule has 0 radical (unpaired) electrons. The lowest BCUT2D eigenvalue weighted by Crippen LogP contribution is -2.43. The molecule has 0 aromatic heterocycles. The van der Waals surface area contributed by atoms with Crippen LogP contribution in [0.4, 0.5) is 4.39 Å². The minimum absolute atomic E-state index is 0.0404. The summed E-state index contributed by atoms with van der Waals surface area (Å²) < 4.78 is 13.7. The highest BCUT2D eigenvalue weighted by molar-refractivity contribution is 6.30. The van der Waals surface area contributed by atoms with Crippen LogP contribution in [0.2, 0.25) is 5.02 Å². The van der Waals surface area contributed by atoms with Gasteiger partial charge in [-0.1, -0.05) is 17.7 Å². The number of fused-ring (bicyclic) bond motifs is 2. The molecule has 0 spiro atoms. The first-order valence-corrected chi connectivity index (χ1v) is 7.34. The molecule has 2 fully saturated rings. The van der Waals surface area contributed by atoms with Gasteiger partial charge in [-0.05, 0) is 43.2 Å². The van der Waals surface area contributed by atoms with Crippen molar-refractivity contribution >= 4 is 17.6 Å². The highest BCUT2D eigenvalue weighted by atomic mass is 35.5. The normalized spacial score (nSPS) is 31.7. The molecule has 2 bridgehead atoms. The van der Waals surface area contributed by atoms with Crippen LogP contribution in [0.5, 0.6) is 0 Å². The van der Waals surface area contributed by atoms with E-state index in [-0.39, 0.29) is 23.7 Å². The molecule has 1 aromatic rings. The van der Waals surface area contributed by atoms with Crippen molar-refractivity contribution in [3.05, 3.63) is 34.6 Å². The Morgan fingerprint density at radius 1 is 1.40 bits per heavy atom. The van der Waals surface area contributed by atoms with Crippen molar-refractivity contribution in [1.82, 2.24) is 5.32 Å². The molecule has 2 N–H and O–H groups in total. The van der Waals surface area contributed by atoms with Gasteiger partial charge in [-0.15, -0.1) is 0 Å². The lowest BCUT2D eigenvalue weighted by molar-refractivity contribution is -0.144. The van der Waals surface area contributed by atoms with E-state index >= 15 is 0 Å². The molecule has 108 valence electrons. The van der Waals surface area contributed by atoms with Crippen LogP contribution < -0.4 is 5.32 Å².